The number of likely N-dealkylation sites (tertiary alicyclic amines) is 1. The number of halogens is 1. The van der Waals surface area contributed by atoms with E-state index in [1.165, 1.54) is 29.7 Å². The van der Waals surface area contributed by atoms with Gasteiger partial charge in [0.25, 0.3) is 0 Å². The largest absolute Gasteiger partial charge is 0.391 e. The number of hydrogen-bond donors (Lipinski definition) is 1. The van der Waals surface area contributed by atoms with E-state index in [0.29, 0.717) is 0 Å². The molecule has 0 bridgehead atoms. The van der Waals surface area contributed by atoms with E-state index in [0.717, 1.165) is 35.8 Å². The molecular weight excluding hydrogens is 394 g/mol. The molecule has 0 aromatic heterocycles. The number of aliphatic hydroxyl groups excluding tert-OH is 1. The lowest BCUT2D eigenvalue weighted by Gasteiger charge is -2.33. The molecule has 1 aliphatic heterocycles. The summed E-state index contributed by atoms with van der Waals surface area (Å²) in [5.41, 5.74) is 1.45. The molecule has 1 heterocycles. The van der Waals surface area contributed by atoms with Gasteiger partial charge in [0.2, 0.25) is 0 Å². The molecule has 2 aromatic carbocycles. The Bertz CT molecular complexity index is 626. The Kier molecular flexibility index (Phi) is 7.41. The van der Waals surface area contributed by atoms with Crippen LogP contribution in [0.4, 0.5) is 0 Å². The molecule has 0 spiro atoms. The van der Waals surface area contributed by atoms with Crippen LogP contribution in [0.5, 0.6) is 0 Å². The topological polar surface area (TPSA) is 23.5 Å². The minimum Gasteiger partial charge on any atom is -0.391 e. The van der Waals surface area contributed by atoms with Crippen molar-refractivity contribution >= 4 is 27.7 Å². The summed E-state index contributed by atoms with van der Waals surface area (Å²) in [6, 6.07) is 19.1. The van der Waals surface area contributed by atoms with Crippen molar-refractivity contribution in [3.8, 4) is 0 Å². The average Bonchev–Trinajstić information content (AvgIpc) is 2.64. The van der Waals surface area contributed by atoms with E-state index >= 15 is 0 Å². The Balaban J connectivity index is 1.36. The Morgan fingerprint density at radius 1 is 1.04 bits per heavy atom. The lowest BCUT2D eigenvalue weighted by atomic mass is 9.90. The minimum atomic E-state index is -0.265. The van der Waals surface area contributed by atoms with Crippen LogP contribution >= 0.6 is 27.7 Å². The maximum atomic E-state index is 10.3. The van der Waals surface area contributed by atoms with Crippen molar-refractivity contribution in [2.75, 3.05) is 25.4 Å². The third-order valence-electron chi connectivity index (χ3n) is 4.80. The summed E-state index contributed by atoms with van der Waals surface area (Å²) >= 11 is 5.18. The number of nitrogens with zero attached hydrogens (tertiary/aromatic N) is 1. The zero-order valence-corrected chi connectivity index (χ0v) is 16.9. The SMILES string of the molecule is OC(CSc1ccc(Br)cc1)CN1CCC(Cc2ccccc2)CC1. The zero-order chi connectivity index (χ0) is 17.5. The molecule has 2 aromatic rings. The molecule has 0 saturated carbocycles. The van der Waals surface area contributed by atoms with Gasteiger partial charge in [-0.3, -0.25) is 0 Å². The van der Waals surface area contributed by atoms with E-state index < -0.39 is 0 Å². The van der Waals surface area contributed by atoms with Gasteiger partial charge in [-0.15, -0.1) is 11.8 Å². The van der Waals surface area contributed by atoms with E-state index in [1.807, 2.05) is 12.1 Å². The van der Waals surface area contributed by atoms with Gasteiger partial charge in [-0.1, -0.05) is 46.3 Å². The summed E-state index contributed by atoms with van der Waals surface area (Å²) in [7, 11) is 0. The van der Waals surface area contributed by atoms with Gasteiger partial charge >= 0.3 is 0 Å². The number of benzene rings is 2. The van der Waals surface area contributed by atoms with Crippen LogP contribution in [0.15, 0.2) is 64.0 Å². The monoisotopic (exact) mass is 419 g/mol. The van der Waals surface area contributed by atoms with Gasteiger partial charge in [0.15, 0.2) is 0 Å². The third kappa shape index (κ3) is 6.45. The Morgan fingerprint density at radius 2 is 1.72 bits per heavy atom. The number of rotatable bonds is 7. The van der Waals surface area contributed by atoms with Gasteiger partial charge in [0, 0.05) is 21.7 Å². The van der Waals surface area contributed by atoms with Gasteiger partial charge in [0.1, 0.15) is 0 Å². The molecule has 4 heteroatoms. The van der Waals surface area contributed by atoms with Crippen LogP contribution in [0.2, 0.25) is 0 Å². The summed E-state index contributed by atoms with van der Waals surface area (Å²) in [6.45, 7) is 3.01. The molecular formula is C21H26BrNOS. The van der Waals surface area contributed by atoms with E-state index in [4.69, 9.17) is 0 Å². The van der Waals surface area contributed by atoms with Crippen molar-refractivity contribution in [3.05, 3.63) is 64.6 Å². The first kappa shape index (κ1) is 19.0. The standard InChI is InChI=1S/C21H26BrNOS/c22-19-6-8-21(9-7-19)25-16-20(24)15-23-12-10-18(11-13-23)14-17-4-2-1-3-5-17/h1-9,18,20,24H,10-16H2. The smallest absolute Gasteiger partial charge is 0.0760 e. The van der Waals surface area contributed by atoms with E-state index in [9.17, 15) is 5.11 Å². The number of piperidine rings is 1. The molecule has 1 atom stereocenters. The van der Waals surface area contributed by atoms with Gasteiger partial charge in [-0.2, -0.15) is 0 Å². The second kappa shape index (κ2) is 9.77. The van der Waals surface area contributed by atoms with Crippen molar-refractivity contribution in [1.29, 1.82) is 0 Å². The second-order valence-corrected chi connectivity index (χ2v) is 8.86. The number of aliphatic hydroxyl groups is 1. The normalized spacial score (nSPS) is 17.5. The zero-order valence-electron chi connectivity index (χ0n) is 14.5. The molecule has 3 rings (SSSR count). The van der Waals surface area contributed by atoms with Crippen LogP contribution in [-0.2, 0) is 6.42 Å². The Morgan fingerprint density at radius 3 is 2.40 bits per heavy atom. The Hall–Kier alpha value is -0.810. The maximum absolute atomic E-state index is 10.3. The molecule has 25 heavy (non-hydrogen) atoms. The van der Waals surface area contributed by atoms with Crippen molar-refractivity contribution < 1.29 is 5.11 Å². The van der Waals surface area contributed by atoms with Gasteiger partial charge < -0.3 is 10.0 Å². The van der Waals surface area contributed by atoms with Gasteiger partial charge in [0.05, 0.1) is 6.10 Å². The Labute approximate surface area is 163 Å². The molecule has 0 aliphatic carbocycles. The first-order valence-corrected chi connectivity index (χ1v) is 10.8. The number of β-amino-alcohol motifs (C(OH)–C–C–N with tert-alkyl or cyclic N) is 1. The van der Waals surface area contributed by atoms with Gasteiger partial charge in [-0.05, 0) is 68.1 Å². The summed E-state index contributed by atoms with van der Waals surface area (Å²) in [4.78, 5) is 3.64. The highest BCUT2D eigenvalue weighted by atomic mass is 79.9. The molecule has 134 valence electrons. The van der Waals surface area contributed by atoms with E-state index in [-0.39, 0.29) is 6.10 Å². The van der Waals surface area contributed by atoms with Crippen LogP contribution < -0.4 is 0 Å². The van der Waals surface area contributed by atoms with Crippen molar-refractivity contribution in [1.82, 2.24) is 4.90 Å². The first-order chi connectivity index (χ1) is 12.2. The van der Waals surface area contributed by atoms with Crippen molar-refractivity contribution in [2.45, 2.75) is 30.3 Å². The summed E-state index contributed by atoms with van der Waals surface area (Å²) in [5, 5.41) is 10.3. The molecule has 1 saturated heterocycles. The van der Waals surface area contributed by atoms with Crippen LogP contribution in [0.3, 0.4) is 0 Å². The maximum Gasteiger partial charge on any atom is 0.0760 e. The highest BCUT2D eigenvalue weighted by Gasteiger charge is 2.21. The fourth-order valence-electron chi connectivity index (χ4n) is 3.39. The van der Waals surface area contributed by atoms with Gasteiger partial charge in [-0.25, -0.2) is 0 Å². The van der Waals surface area contributed by atoms with Crippen LogP contribution in [0.1, 0.15) is 18.4 Å². The second-order valence-electron chi connectivity index (χ2n) is 6.85. The number of thioether (sulfide) groups is 1. The lowest BCUT2D eigenvalue weighted by Crippen LogP contribution is -2.40. The predicted octanol–water partition coefficient (Wildman–Crippen LogP) is 4.86. The molecule has 1 unspecified atom stereocenters. The number of hydrogen-bond acceptors (Lipinski definition) is 3. The molecule has 1 aliphatic rings. The quantitative estimate of drug-likeness (QED) is 0.648. The molecule has 2 nitrogen and oxygen atoms in total. The average molecular weight is 420 g/mol. The molecule has 0 amide bonds. The lowest BCUT2D eigenvalue weighted by molar-refractivity contribution is 0.103. The minimum absolute atomic E-state index is 0.265. The van der Waals surface area contributed by atoms with E-state index in [1.54, 1.807) is 11.8 Å². The molecule has 0 radical (unpaired) electrons. The molecule has 1 N–H and O–H groups in total. The summed E-state index contributed by atoms with van der Waals surface area (Å²) < 4.78 is 1.09. The van der Waals surface area contributed by atoms with E-state index in [2.05, 4.69) is 63.3 Å². The fourth-order valence-corrected chi connectivity index (χ4v) is 4.48. The van der Waals surface area contributed by atoms with Crippen LogP contribution in [0, 0.1) is 5.92 Å². The van der Waals surface area contributed by atoms with Crippen molar-refractivity contribution in [3.63, 3.8) is 0 Å². The fraction of sp³-hybridized carbons (Fsp3) is 0.429. The molecule has 1 fully saturated rings. The van der Waals surface area contributed by atoms with Crippen molar-refractivity contribution in [2.24, 2.45) is 5.92 Å². The highest BCUT2D eigenvalue weighted by Crippen LogP contribution is 2.24. The highest BCUT2D eigenvalue weighted by molar-refractivity contribution is 9.10. The summed E-state index contributed by atoms with van der Waals surface area (Å²) in [6.07, 6.45) is 3.40. The third-order valence-corrected chi connectivity index (χ3v) is 6.48. The predicted molar refractivity (Wildman–Crippen MR) is 110 cm³/mol. The van der Waals surface area contributed by atoms with Crippen LogP contribution in [-0.4, -0.2) is 41.5 Å². The first-order valence-electron chi connectivity index (χ1n) is 9.02. The summed E-state index contributed by atoms with van der Waals surface area (Å²) in [5.74, 6) is 1.54. The van der Waals surface area contributed by atoms with Crippen LogP contribution in [0.25, 0.3) is 0 Å².